The number of nitrogens with one attached hydrogen (secondary N) is 2. The van der Waals surface area contributed by atoms with Gasteiger partial charge in [0.25, 0.3) is 0 Å². The predicted molar refractivity (Wildman–Crippen MR) is 112 cm³/mol. The van der Waals surface area contributed by atoms with Crippen molar-refractivity contribution >= 4 is 6.09 Å². The van der Waals surface area contributed by atoms with Gasteiger partial charge in [-0.2, -0.15) is 0 Å². The monoisotopic (exact) mass is 381 g/mol. The minimum atomic E-state index is -0.462. The second-order valence-electron chi connectivity index (χ2n) is 8.26. The molecule has 2 N–H and O–H groups in total. The molecule has 1 aliphatic rings. The quantitative estimate of drug-likeness (QED) is 0.720. The van der Waals surface area contributed by atoms with Crippen LogP contribution < -0.4 is 10.6 Å². The highest BCUT2D eigenvalue weighted by Gasteiger charge is 2.33. The molecule has 0 atom stereocenters. The summed E-state index contributed by atoms with van der Waals surface area (Å²) < 4.78 is 5.25. The average Bonchev–Trinajstić information content (AvgIpc) is 2.62. The number of nitrogens with zero attached hydrogens (tertiary/aromatic N) is 1. The zero-order chi connectivity index (χ0) is 20.0. The lowest BCUT2D eigenvalue weighted by Gasteiger charge is -2.45. The van der Waals surface area contributed by atoms with E-state index in [4.69, 9.17) is 4.74 Å². The first-order chi connectivity index (χ1) is 13.4. The molecular formula is C23H31N3O2. The molecular weight excluding hydrogens is 350 g/mol. The van der Waals surface area contributed by atoms with Gasteiger partial charge in [-0.05, 0) is 31.9 Å². The predicted octanol–water partition coefficient (Wildman–Crippen LogP) is 3.57. The maximum absolute atomic E-state index is 11.7. The van der Waals surface area contributed by atoms with E-state index < -0.39 is 5.60 Å². The summed E-state index contributed by atoms with van der Waals surface area (Å²) in [5.41, 5.74) is 2.17. The lowest BCUT2D eigenvalue weighted by Crippen LogP contribution is -2.59. The molecule has 5 nitrogen and oxygen atoms in total. The minimum Gasteiger partial charge on any atom is -0.444 e. The zero-order valence-corrected chi connectivity index (χ0v) is 17.0. The van der Waals surface area contributed by atoms with Crippen LogP contribution in [0, 0.1) is 0 Å². The lowest BCUT2D eigenvalue weighted by molar-refractivity contribution is 0.0523. The molecule has 2 aromatic rings. The van der Waals surface area contributed by atoms with Crippen LogP contribution in [0.15, 0.2) is 60.7 Å². The molecule has 0 saturated carbocycles. The molecule has 5 heteroatoms. The molecule has 1 aliphatic heterocycles. The third-order valence-electron chi connectivity index (χ3n) is 4.73. The molecule has 1 saturated heterocycles. The molecule has 150 valence electrons. The van der Waals surface area contributed by atoms with E-state index >= 15 is 0 Å². The van der Waals surface area contributed by atoms with Gasteiger partial charge in [0.2, 0.25) is 0 Å². The van der Waals surface area contributed by atoms with Crippen LogP contribution in [0.3, 0.4) is 0 Å². The van der Waals surface area contributed by atoms with Gasteiger partial charge in [-0.1, -0.05) is 60.7 Å². The van der Waals surface area contributed by atoms with Crippen molar-refractivity contribution in [3.05, 3.63) is 71.8 Å². The maximum Gasteiger partial charge on any atom is 0.407 e. The normalized spacial score (nSPS) is 15.3. The summed E-state index contributed by atoms with van der Waals surface area (Å²) in [6, 6.07) is 22.0. The van der Waals surface area contributed by atoms with E-state index in [1.165, 1.54) is 11.1 Å². The molecule has 28 heavy (non-hydrogen) atoms. The van der Waals surface area contributed by atoms with Crippen molar-refractivity contribution in [2.45, 2.75) is 38.5 Å². The molecule has 1 amide bonds. The summed E-state index contributed by atoms with van der Waals surface area (Å²) >= 11 is 0. The van der Waals surface area contributed by atoms with Crippen LogP contribution in [-0.2, 0) is 4.74 Å². The molecule has 0 radical (unpaired) electrons. The summed E-state index contributed by atoms with van der Waals surface area (Å²) in [6.07, 6.45) is -0.363. The third-order valence-corrected chi connectivity index (χ3v) is 4.73. The highest BCUT2D eigenvalue weighted by molar-refractivity contribution is 5.67. The van der Waals surface area contributed by atoms with Crippen molar-refractivity contribution in [1.29, 1.82) is 0 Å². The van der Waals surface area contributed by atoms with Crippen LogP contribution in [0.25, 0.3) is 0 Å². The van der Waals surface area contributed by atoms with Gasteiger partial charge in [0.05, 0.1) is 6.04 Å². The van der Waals surface area contributed by atoms with Gasteiger partial charge in [-0.15, -0.1) is 0 Å². The fourth-order valence-corrected chi connectivity index (χ4v) is 3.49. The average molecular weight is 382 g/mol. The summed E-state index contributed by atoms with van der Waals surface area (Å²) in [5.74, 6) is 0. The van der Waals surface area contributed by atoms with E-state index in [0.29, 0.717) is 12.6 Å². The van der Waals surface area contributed by atoms with E-state index in [1.807, 2.05) is 20.8 Å². The molecule has 3 rings (SSSR count). The van der Waals surface area contributed by atoms with Crippen molar-refractivity contribution in [2.75, 3.05) is 26.2 Å². The zero-order valence-electron chi connectivity index (χ0n) is 17.0. The first-order valence-corrected chi connectivity index (χ1v) is 9.96. The van der Waals surface area contributed by atoms with Gasteiger partial charge in [-0.25, -0.2) is 4.79 Å². The largest absolute Gasteiger partial charge is 0.444 e. The first kappa shape index (κ1) is 20.4. The number of likely N-dealkylation sites (tertiary alicyclic amines) is 1. The van der Waals surface area contributed by atoms with Gasteiger partial charge in [0, 0.05) is 32.2 Å². The van der Waals surface area contributed by atoms with Crippen molar-refractivity contribution in [3.63, 3.8) is 0 Å². The molecule has 0 unspecified atom stereocenters. The maximum atomic E-state index is 11.7. The van der Waals surface area contributed by atoms with Crippen molar-refractivity contribution < 1.29 is 9.53 Å². The van der Waals surface area contributed by atoms with Gasteiger partial charge >= 0.3 is 6.09 Å². The minimum absolute atomic E-state index is 0.278. The van der Waals surface area contributed by atoms with Crippen LogP contribution in [0.1, 0.15) is 37.9 Å². The Morgan fingerprint density at radius 1 is 1.00 bits per heavy atom. The Hall–Kier alpha value is -2.37. The highest BCUT2D eigenvalue weighted by Crippen LogP contribution is 2.32. The van der Waals surface area contributed by atoms with Gasteiger partial charge in [-0.3, -0.25) is 4.90 Å². The molecule has 1 fully saturated rings. The number of hydrogen-bond donors (Lipinski definition) is 2. The first-order valence-electron chi connectivity index (χ1n) is 9.96. The van der Waals surface area contributed by atoms with Crippen LogP contribution in [-0.4, -0.2) is 48.8 Å². The number of hydrogen-bond acceptors (Lipinski definition) is 4. The summed E-state index contributed by atoms with van der Waals surface area (Å²) in [7, 11) is 0. The molecule has 2 aromatic carbocycles. The Balaban J connectivity index is 1.47. The summed E-state index contributed by atoms with van der Waals surface area (Å²) in [5, 5.41) is 6.30. The lowest BCUT2D eigenvalue weighted by atomic mass is 9.93. The molecule has 0 bridgehead atoms. The molecule has 0 spiro atoms. The van der Waals surface area contributed by atoms with E-state index in [9.17, 15) is 4.79 Å². The smallest absolute Gasteiger partial charge is 0.407 e. The summed E-state index contributed by atoms with van der Waals surface area (Å²) in [4.78, 5) is 14.2. The number of benzene rings is 2. The van der Waals surface area contributed by atoms with Crippen LogP contribution in [0.2, 0.25) is 0 Å². The Morgan fingerprint density at radius 2 is 1.54 bits per heavy atom. The van der Waals surface area contributed by atoms with E-state index in [2.05, 4.69) is 76.2 Å². The van der Waals surface area contributed by atoms with Gasteiger partial charge in [0.15, 0.2) is 0 Å². The van der Waals surface area contributed by atoms with Crippen LogP contribution in [0.4, 0.5) is 4.79 Å². The van der Waals surface area contributed by atoms with Gasteiger partial charge < -0.3 is 15.4 Å². The number of alkyl carbamates (subject to hydrolysis) is 1. The highest BCUT2D eigenvalue weighted by atomic mass is 16.6. The molecule has 0 aromatic heterocycles. The topological polar surface area (TPSA) is 53.6 Å². The fourth-order valence-electron chi connectivity index (χ4n) is 3.49. The second-order valence-corrected chi connectivity index (χ2v) is 8.26. The van der Waals surface area contributed by atoms with Crippen molar-refractivity contribution in [1.82, 2.24) is 15.5 Å². The second kappa shape index (κ2) is 9.22. The van der Waals surface area contributed by atoms with Gasteiger partial charge in [0.1, 0.15) is 5.60 Å². The Labute approximate surface area is 168 Å². The Bertz CT molecular complexity index is 698. The Kier molecular flexibility index (Phi) is 6.70. The number of amides is 1. The third kappa shape index (κ3) is 5.81. The molecule has 0 aliphatic carbocycles. The SMILES string of the molecule is CC(C)(C)OC(=O)NCCNC1CN(C(c2ccccc2)c2ccccc2)C1. The van der Waals surface area contributed by atoms with E-state index in [-0.39, 0.29) is 12.1 Å². The van der Waals surface area contributed by atoms with Crippen molar-refractivity contribution in [3.8, 4) is 0 Å². The number of rotatable bonds is 7. The fraction of sp³-hybridized carbons (Fsp3) is 0.435. The van der Waals surface area contributed by atoms with Crippen LogP contribution in [0.5, 0.6) is 0 Å². The Morgan fingerprint density at radius 3 is 2.04 bits per heavy atom. The number of carbonyl (C=O) groups is 1. The standard InChI is InChI=1S/C23H31N3O2/c1-23(2,3)28-22(27)25-15-14-24-20-16-26(17-20)21(18-10-6-4-7-11-18)19-12-8-5-9-13-19/h4-13,20-21,24H,14-17H2,1-3H3,(H,25,27). The summed E-state index contributed by atoms with van der Waals surface area (Å²) in [6.45, 7) is 8.87. The molecule has 1 heterocycles. The van der Waals surface area contributed by atoms with E-state index in [1.54, 1.807) is 0 Å². The van der Waals surface area contributed by atoms with Crippen LogP contribution >= 0.6 is 0 Å². The number of carbonyl (C=O) groups excluding carboxylic acids is 1. The van der Waals surface area contributed by atoms with Crippen molar-refractivity contribution in [2.24, 2.45) is 0 Å². The number of ether oxygens (including phenoxy) is 1. The van der Waals surface area contributed by atoms with E-state index in [0.717, 1.165) is 19.6 Å².